The molecule has 0 saturated heterocycles. The van der Waals surface area contributed by atoms with Crippen LogP contribution in [0.15, 0.2) is 53.8 Å². The Hall–Kier alpha value is -3.28. The summed E-state index contributed by atoms with van der Waals surface area (Å²) in [6, 6.07) is 12.9. The Morgan fingerprint density at radius 2 is 2.04 bits per heavy atom. The largest absolute Gasteiger partial charge is 0.454 e. The number of para-hydroxylation sites is 1. The van der Waals surface area contributed by atoms with Crippen LogP contribution in [0.3, 0.4) is 0 Å². The summed E-state index contributed by atoms with van der Waals surface area (Å²) in [5, 5.41) is 5.07. The molecule has 1 amide bonds. The highest BCUT2D eigenvalue weighted by Gasteiger charge is 2.15. The lowest BCUT2D eigenvalue weighted by Crippen LogP contribution is -2.17. The summed E-state index contributed by atoms with van der Waals surface area (Å²) in [4.78, 5) is 15.3. The third-order valence-electron chi connectivity index (χ3n) is 3.63. The van der Waals surface area contributed by atoms with Crippen molar-refractivity contribution in [2.24, 2.45) is 5.10 Å². The molecular weight excluding hydrogens is 294 g/mol. The van der Waals surface area contributed by atoms with Crippen LogP contribution >= 0.6 is 0 Å². The fourth-order valence-electron chi connectivity index (χ4n) is 2.46. The number of ether oxygens (including phenoxy) is 2. The molecule has 2 aromatic carbocycles. The van der Waals surface area contributed by atoms with Gasteiger partial charge in [-0.05, 0) is 24.3 Å². The molecule has 0 saturated carbocycles. The quantitative estimate of drug-likeness (QED) is 0.577. The van der Waals surface area contributed by atoms with Crippen molar-refractivity contribution in [3.63, 3.8) is 0 Å². The highest BCUT2D eigenvalue weighted by molar-refractivity contribution is 6.00. The van der Waals surface area contributed by atoms with E-state index in [9.17, 15) is 4.79 Å². The van der Waals surface area contributed by atoms with E-state index < -0.39 is 0 Å². The topological polar surface area (TPSA) is 75.7 Å². The summed E-state index contributed by atoms with van der Waals surface area (Å²) < 4.78 is 10.5. The van der Waals surface area contributed by atoms with Gasteiger partial charge in [0, 0.05) is 28.2 Å². The van der Waals surface area contributed by atoms with Crippen molar-refractivity contribution < 1.29 is 14.3 Å². The number of carbonyl (C=O) groups excluding carboxylic acids is 1. The van der Waals surface area contributed by atoms with Crippen molar-refractivity contribution in [2.75, 3.05) is 6.79 Å². The standard InChI is InChI=1S/C17H13N3O3/c21-17(11-5-6-15-16(7-11)23-10-22-15)20-19-9-12-8-18-14-4-2-1-3-13(12)14/h1-9,18H,10H2,(H,20,21)/b19-9-. The molecule has 6 nitrogen and oxygen atoms in total. The molecule has 114 valence electrons. The summed E-state index contributed by atoms with van der Waals surface area (Å²) in [5.74, 6) is 0.904. The van der Waals surface area contributed by atoms with Crippen molar-refractivity contribution in [2.45, 2.75) is 0 Å². The predicted molar refractivity (Wildman–Crippen MR) is 85.9 cm³/mol. The van der Waals surface area contributed by atoms with E-state index in [-0.39, 0.29) is 12.7 Å². The van der Waals surface area contributed by atoms with Crippen molar-refractivity contribution in [1.29, 1.82) is 0 Å². The Balaban J connectivity index is 1.49. The normalized spacial score (nSPS) is 12.9. The van der Waals surface area contributed by atoms with Crippen molar-refractivity contribution in [3.8, 4) is 11.5 Å². The number of carbonyl (C=O) groups is 1. The van der Waals surface area contributed by atoms with Crippen molar-refractivity contribution in [3.05, 3.63) is 59.8 Å². The first-order valence-electron chi connectivity index (χ1n) is 7.10. The number of H-pyrrole nitrogens is 1. The summed E-state index contributed by atoms with van der Waals surface area (Å²) in [7, 11) is 0. The highest BCUT2D eigenvalue weighted by atomic mass is 16.7. The third-order valence-corrected chi connectivity index (χ3v) is 3.63. The van der Waals surface area contributed by atoms with E-state index in [0.29, 0.717) is 17.1 Å². The molecule has 0 radical (unpaired) electrons. The number of hydrogen-bond donors (Lipinski definition) is 2. The monoisotopic (exact) mass is 307 g/mol. The minimum absolute atomic E-state index is 0.180. The Morgan fingerprint density at radius 1 is 1.17 bits per heavy atom. The number of amides is 1. The molecule has 0 spiro atoms. The molecule has 3 aromatic rings. The number of nitrogens with one attached hydrogen (secondary N) is 2. The van der Waals surface area contributed by atoms with Crippen LogP contribution in [0, 0.1) is 0 Å². The molecule has 0 unspecified atom stereocenters. The zero-order valence-corrected chi connectivity index (χ0v) is 12.1. The van der Waals surface area contributed by atoms with Gasteiger partial charge in [0.1, 0.15) is 0 Å². The summed E-state index contributed by atoms with van der Waals surface area (Å²) in [5.41, 5.74) is 4.91. The molecule has 0 atom stereocenters. The Labute approximate surface area is 131 Å². The Bertz CT molecular complexity index is 914. The number of aromatic amines is 1. The van der Waals surface area contributed by atoms with Gasteiger partial charge in [-0.3, -0.25) is 4.79 Å². The van der Waals surface area contributed by atoms with E-state index in [1.54, 1.807) is 24.4 Å². The molecule has 1 aromatic heterocycles. The number of nitrogens with zero attached hydrogens (tertiary/aromatic N) is 1. The average Bonchev–Trinajstić information content (AvgIpc) is 3.21. The molecule has 2 heterocycles. The van der Waals surface area contributed by atoms with Crippen LogP contribution < -0.4 is 14.9 Å². The van der Waals surface area contributed by atoms with Crippen LogP contribution in [0.4, 0.5) is 0 Å². The first kappa shape index (κ1) is 13.4. The molecule has 1 aliphatic heterocycles. The van der Waals surface area contributed by atoms with Crippen LogP contribution in [-0.4, -0.2) is 23.9 Å². The fourth-order valence-corrected chi connectivity index (χ4v) is 2.46. The molecule has 23 heavy (non-hydrogen) atoms. The zero-order valence-electron chi connectivity index (χ0n) is 12.1. The van der Waals surface area contributed by atoms with Crippen LogP contribution in [0.5, 0.6) is 11.5 Å². The lowest BCUT2D eigenvalue weighted by Gasteiger charge is -2.01. The molecule has 0 bridgehead atoms. The molecule has 1 aliphatic rings. The minimum Gasteiger partial charge on any atom is -0.454 e. The van der Waals surface area contributed by atoms with Gasteiger partial charge >= 0.3 is 0 Å². The Morgan fingerprint density at radius 3 is 3.00 bits per heavy atom. The number of aromatic nitrogens is 1. The maximum absolute atomic E-state index is 12.1. The molecule has 4 rings (SSSR count). The highest BCUT2D eigenvalue weighted by Crippen LogP contribution is 2.32. The van der Waals surface area contributed by atoms with Gasteiger partial charge in [0.05, 0.1) is 6.21 Å². The number of benzene rings is 2. The average molecular weight is 307 g/mol. The Kier molecular flexibility index (Phi) is 3.20. The maximum atomic E-state index is 12.1. The SMILES string of the molecule is O=C(N/N=C\c1c[nH]c2ccccc12)c1ccc2c(c1)OCO2. The minimum atomic E-state index is -0.306. The molecular formula is C17H13N3O3. The van der Waals surface area contributed by atoms with Gasteiger partial charge in [0.15, 0.2) is 11.5 Å². The van der Waals surface area contributed by atoms with Crippen LogP contribution in [0.25, 0.3) is 10.9 Å². The van der Waals surface area contributed by atoms with E-state index in [0.717, 1.165) is 16.5 Å². The van der Waals surface area contributed by atoms with E-state index in [4.69, 9.17) is 9.47 Å². The lowest BCUT2D eigenvalue weighted by molar-refractivity contribution is 0.0954. The molecule has 0 aliphatic carbocycles. The smallest absolute Gasteiger partial charge is 0.271 e. The molecule has 2 N–H and O–H groups in total. The number of fused-ring (bicyclic) bond motifs is 2. The first-order chi connectivity index (χ1) is 11.3. The van der Waals surface area contributed by atoms with E-state index in [2.05, 4.69) is 15.5 Å². The molecule has 6 heteroatoms. The van der Waals surface area contributed by atoms with Gasteiger partial charge < -0.3 is 14.5 Å². The zero-order chi connectivity index (χ0) is 15.6. The van der Waals surface area contributed by atoms with Gasteiger partial charge in [-0.15, -0.1) is 0 Å². The maximum Gasteiger partial charge on any atom is 0.271 e. The van der Waals surface area contributed by atoms with Crippen molar-refractivity contribution >= 4 is 23.0 Å². The number of hydrazone groups is 1. The summed E-state index contributed by atoms with van der Waals surface area (Å²) in [6.07, 6.45) is 3.46. The van der Waals surface area contributed by atoms with Gasteiger partial charge in [0.2, 0.25) is 6.79 Å². The summed E-state index contributed by atoms with van der Waals surface area (Å²) in [6.45, 7) is 0.180. The van der Waals surface area contributed by atoms with E-state index in [1.165, 1.54) is 0 Å². The van der Waals surface area contributed by atoms with Crippen LogP contribution in [0.1, 0.15) is 15.9 Å². The van der Waals surface area contributed by atoms with Crippen LogP contribution in [-0.2, 0) is 0 Å². The first-order valence-corrected chi connectivity index (χ1v) is 7.10. The van der Waals surface area contributed by atoms with Gasteiger partial charge in [-0.1, -0.05) is 18.2 Å². The third kappa shape index (κ3) is 2.50. The number of rotatable bonds is 3. The van der Waals surface area contributed by atoms with Gasteiger partial charge in [-0.2, -0.15) is 5.10 Å². The second-order valence-corrected chi connectivity index (χ2v) is 5.06. The second kappa shape index (κ2) is 5.49. The number of hydrogen-bond acceptors (Lipinski definition) is 4. The second-order valence-electron chi connectivity index (χ2n) is 5.06. The van der Waals surface area contributed by atoms with Gasteiger partial charge in [0.25, 0.3) is 5.91 Å². The molecule has 0 fully saturated rings. The lowest BCUT2D eigenvalue weighted by atomic mass is 10.2. The van der Waals surface area contributed by atoms with Gasteiger partial charge in [-0.25, -0.2) is 5.43 Å². The summed E-state index contributed by atoms with van der Waals surface area (Å²) >= 11 is 0. The van der Waals surface area contributed by atoms with E-state index in [1.807, 2.05) is 30.5 Å². The van der Waals surface area contributed by atoms with Crippen molar-refractivity contribution in [1.82, 2.24) is 10.4 Å². The van der Waals surface area contributed by atoms with Crippen LogP contribution in [0.2, 0.25) is 0 Å². The predicted octanol–water partition coefficient (Wildman–Crippen LogP) is 2.66. The van der Waals surface area contributed by atoms with E-state index >= 15 is 0 Å². The fraction of sp³-hybridized carbons (Fsp3) is 0.0588.